The molecule has 0 aromatic carbocycles. The first-order valence-electron chi connectivity index (χ1n) is 11.5. The van der Waals surface area contributed by atoms with Gasteiger partial charge in [-0.15, -0.1) is 0 Å². The van der Waals surface area contributed by atoms with Gasteiger partial charge in [-0.2, -0.15) is 0 Å². The third-order valence-corrected chi connectivity index (χ3v) is 6.89. The summed E-state index contributed by atoms with van der Waals surface area (Å²) in [5, 5.41) is 3.49. The van der Waals surface area contributed by atoms with Crippen molar-refractivity contribution in [1.29, 1.82) is 0 Å². The Morgan fingerprint density at radius 3 is 2.84 bits per heavy atom. The maximum atomic E-state index is 13.7. The second-order valence-electron chi connectivity index (χ2n) is 9.34. The number of anilines is 1. The maximum absolute atomic E-state index is 13.7. The van der Waals surface area contributed by atoms with Gasteiger partial charge >= 0.3 is 0 Å². The minimum Gasteiger partial charge on any atom is -0.365 e. The van der Waals surface area contributed by atoms with Gasteiger partial charge in [0.05, 0.1) is 6.20 Å². The van der Waals surface area contributed by atoms with Crippen LogP contribution in [0.3, 0.4) is 0 Å². The quantitative estimate of drug-likeness (QED) is 0.660. The van der Waals surface area contributed by atoms with E-state index in [1.807, 2.05) is 11.0 Å². The Bertz CT molecular complexity index is 1120. The molecule has 0 radical (unpaired) electrons. The van der Waals surface area contributed by atoms with Gasteiger partial charge in [-0.05, 0) is 43.9 Å². The average Bonchev–Trinajstić information content (AvgIpc) is 3.22. The van der Waals surface area contributed by atoms with Crippen LogP contribution < -0.4 is 5.32 Å². The molecule has 0 bridgehead atoms. The van der Waals surface area contributed by atoms with Crippen molar-refractivity contribution in [3.63, 3.8) is 0 Å². The SMILES string of the molecule is CC1(C(=O)N2CCCC(Nc3ccnc(-c4cnc5ccc(F)cn45)n3)C2)CCCCC1. The normalized spacial score (nSPS) is 20.9. The number of amides is 1. The van der Waals surface area contributed by atoms with Crippen molar-refractivity contribution in [2.24, 2.45) is 5.41 Å². The Kier molecular flexibility index (Phi) is 5.53. The predicted molar refractivity (Wildman–Crippen MR) is 121 cm³/mol. The topological polar surface area (TPSA) is 75.4 Å². The highest BCUT2D eigenvalue weighted by molar-refractivity contribution is 5.82. The van der Waals surface area contributed by atoms with Crippen LogP contribution in [0.2, 0.25) is 0 Å². The number of halogens is 1. The van der Waals surface area contributed by atoms with Crippen molar-refractivity contribution in [1.82, 2.24) is 24.3 Å². The molecule has 1 N–H and O–H groups in total. The number of nitrogens with one attached hydrogen (secondary N) is 1. The Labute approximate surface area is 187 Å². The van der Waals surface area contributed by atoms with Gasteiger partial charge in [-0.3, -0.25) is 9.20 Å². The van der Waals surface area contributed by atoms with E-state index in [-0.39, 0.29) is 17.3 Å². The molecule has 3 aromatic heterocycles. The molecule has 1 saturated heterocycles. The van der Waals surface area contributed by atoms with E-state index in [0.717, 1.165) is 45.1 Å². The number of piperidine rings is 1. The standard InChI is InChI=1S/C24H29FN6O/c1-24(10-3-2-4-11-24)23(32)30-13-5-6-18(16-30)28-20-9-12-26-22(29-20)19-14-27-21-8-7-17(25)15-31(19)21/h7-9,12,14-15,18H,2-6,10-11,13,16H2,1H3,(H,26,28,29). The predicted octanol–water partition coefficient (Wildman–Crippen LogP) is 4.30. The minimum atomic E-state index is -0.343. The first kappa shape index (κ1) is 20.8. The average molecular weight is 437 g/mol. The number of imidazole rings is 1. The van der Waals surface area contributed by atoms with Gasteiger partial charge in [0.15, 0.2) is 5.82 Å². The van der Waals surface area contributed by atoms with Crippen LogP contribution in [0.5, 0.6) is 0 Å². The Morgan fingerprint density at radius 1 is 1.16 bits per heavy atom. The lowest BCUT2D eigenvalue weighted by atomic mass is 9.74. The molecule has 1 aliphatic carbocycles. The molecule has 4 heterocycles. The summed E-state index contributed by atoms with van der Waals surface area (Å²) >= 11 is 0. The molecule has 7 nitrogen and oxygen atoms in total. The molecule has 1 amide bonds. The van der Waals surface area contributed by atoms with Crippen LogP contribution in [0.15, 0.2) is 36.8 Å². The molecule has 2 aliphatic rings. The Balaban J connectivity index is 1.31. The van der Waals surface area contributed by atoms with Gasteiger partial charge in [0.2, 0.25) is 5.91 Å². The molecular weight excluding hydrogens is 407 g/mol. The van der Waals surface area contributed by atoms with Gasteiger partial charge in [0.1, 0.15) is 23.0 Å². The van der Waals surface area contributed by atoms with E-state index >= 15 is 0 Å². The highest BCUT2D eigenvalue weighted by Crippen LogP contribution is 2.38. The largest absolute Gasteiger partial charge is 0.365 e. The Morgan fingerprint density at radius 2 is 2.00 bits per heavy atom. The fourth-order valence-corrected chi connectivity index (χ4v) is 5.10. The molecule has 1 saturated carbocycles. The Hall–Kier alpha value is -3.03. The summed E-state index contributed by atoms with van der Waals surface area (Å²) in [5.41, 5.74) is 1.07. The van der Waals surface area contributed by atoms with Crippen molar-refractivity contribution in [3.8, 4) is 11.5 Å². The lowest BCUT2D eigenvalue weighted by molar-refractivity contribution is -0.144. The maximum Gasteiger partial charge on any atom is 0.228 e. The number of nitrogens with zero attached hydrogens (tertiary/aromatic N) is 5. The van der Waals surface area contributed by atoms with Crippen molar-refractivity contribution in [2.45, 2.75) is 57.9 Å². The lowest BCUT2D eigenvalue weighted by Gasteiger charge is -2.41. The van der Waals surface area contributed by atoms with E-state index in [1.54, 1.807) is 22.9 Å². The monoisotopic (exact) mass is 436 g/mol. The number of carbonyl (C=O) groups excluding carboxylic acids is 1. The molecule has 168 valence electrons. The fraction of sp³-hybridized carbons (Fsp3) is 0.500. The summed E-state index contributed by atoms with van der Waals surface area (Å²) in [7, 11) is 0. The van der Waals surface area contributed by atoms with Crippen LogP contribution in [0.25, 0.3) is 17.2 Å². The number of pyridine rings is 1. The summed E-state index contributed by atoms with van der Waals surface area (Å²) in [6.45, 7) is 3.66. The third-order valence-electron chi connectivity index (χ3n) is 6.89. The second-order valence-corrected chi connectivity index (χ2v) is 9.34. The minimum absolute atomic E-state index is 0.141. The molecular formula is C24H29FN6O. The highest BCUT2D eigenvalue weighted by atomic mass is 19.1. The number of carbonyl (C=O) groups is 1. The first-order chi connectivity index (χ1) is 15.5. The fourth-order valence-electron chi connectivity index (χ4n) is 5.10. The zero-order valence-corrected chi connectivity index (χ0v) is 18.4. The third kappa shape index (κ3) is 4.06. The molecule has 1 atom stereocenters. The molecule has 2 fully saturated rings. The molecule has 5 rings (SSSR count). The van der Waals surface area contributed by atoms with Gasteiger partial charge in [-0.1, -0.05) is 26.2 Å². The molecule has 0 spiro atoms. The number of hydrogen-bond donors (Lipinski definition) is 1. The smallest absolute Gasteiger partial charge is 0.228 e. The van der Waals surface area contributed by atoms with Crippen molar-refractivity contribution in [3.05, 3.63) is 42.6 Å². The highest BCUT2D eigenvalue weighted by Gasteiger charge is 2.39. The second kappa shape index (κ2) is 8.48. The van der Waals surface area contributed by atoms with Crippen LogP contribution >= 0.6 is 0 Å². The van der Waals surface area contributed by atoms with Crippen molar-refractivity contribution >= 4 is 17.4 Å². The van der Waals surface area contributed by atoms with E-state index in [1.165, 1.54) is 18.7 Å². The summed E-state index contributed by atoms with van der Waals surface area (Å²) in [6.07, 6.45) is 12.2. The van der Waals surface area contributed by atoms with E-state index < -0.39 is 0 Å². The van der Waals surface area contributed by atoms with Crippen molar-refractivity contribution < 1.29 is 9.18 Å². The van der Waals surface area contributed by atoms with Gasteiger partial charge < -0.3 is 10.2 Å². The van der Waals surface area contributed by atoms with E-state index in [2.05, 4.69) is 27.2 Å². The molecule has 8 heteroatoms. The molecule has 1 unspecified atom stereocenters. The van der Waals surface area contributed by atoms with Crippen LogP contribution in [0.4, 0.5) is 10.2 Å². The molecule has 1 aliphatic heterocycles. The number of aromatic nitrogens is 4. The number of fused-ring (bicyclic) bond motifs is 1. The number of rotatable bonds is 4. The summed E-state index contributed by atoms with van der Waals surface area (Å²) in [6, 6.07) is 4.98. The van der Waals surface area contributed by atoms with Crippen LogP contribution in [-0.2, 0) is 4.79 Å². The van der Waals surface area contributed by atoms with Crippen LogP contribution in [0, 0.1) is 11.2 Å². The summed E-state index contributed by atoms with van der Waals surface area (Å²) in [4.78, 5) is 28.6. The summed E-state index contributed by atoms with van der Waals surface area (Å²) < 4.78 is 15.4. The zero-order valence-electron chi connectivity index (χ0n) is 18.4. The number of hydrogen-bond acceptors (Lipinski definition) is 5. The van der Waals surface area contributed by atoms with E-state index in [0.29, 0.717) is 35.4 Å². The van der Waals surface area contributed by atoms with Gasteiger partial charge in [0, 0.05) is 36.9 Å². The lowest BCUT2D eigenvalue weighted by Crippen LogP contribution is -2.50. The van der Waals surface area contributed by atoms with E-state index in [4.69, 9.17) is 0 Å². The zero-order chi connectivity index (χ0) is 22.1. The molecule has 32 heavy (non-hydrogen) atoms. The first-order valence-corrected chi connectivity index (χ1v) is 11.5. The van der Waals surface area contributed by atoms with Crippen molar-refractivity contribution in [2.75, 3.05) is 18.4 Å². The van der Waals surface area contributed by atoms with Gasteiger partial charge in [0.25, 0.3) is 0 Å². The summed E-state index contributed by atoms with van der Waals surface area (Å²) in [5.74, 6) is 1.14. The van der Waals surface area contributed by atoms with Gasteiger partial charge in [-0.25, -0.2) is 19.3 Å². The molecule has 3 aromatic rings. The van der Waals surface area contributed by atoms with Crippen LogP contribution in [0.1, 0.15) is 51.9 Å². The van der Waals surface area contributed by atoms with E-state index in [9.17, 15) is 9.18 Å². The number of likely N-dealkylation sites (tertiary alicyclic amines) is 1. The van der Waals surface area contributed by atoms with Crippen LogP contribution in [-0.4, -0.2) is 49.3 Å².